The Morgan fingerprint density at radius 1 is 0.556 bits per heavy atom. The molecule has 0 rings (SSSR count). The second kappa shape index (κ2) is 43.6. The number of rotatable bonds is 33. The van der Waals surface area contributed by atoms with Crippen LogP contribution in [0.3, 0.4) is 0 Å². The third kappa shape index (κ3) is 45.8. The number of carbonyl (C=O) groups excluding carboxylic acids is 1. The summed E-state index contributed by atoms with van der Waals surface area (Å²) in [7, 11) is 1.55. The number of allylic oxidation sites excluding steroid dienone is 2. The molecule has 0 saturated carbocycles. The number of carboxylic acids is 1. The van der Waals surface area contributed by atoms with E-state index in [0.29, 0.717) is 6.42 Å². The standard InChI is InChI=1S/C21H39NO3.C18H39N.Na.H/c1-3-4-5-6-7-8-9-10-11-12-13-14-15-16-17-18-20(23)22(2)19-21(24)25;1-2-3-4-5-6-7-8-9-10-11-12-13-14-15-16-17-18-19;;/h10-11H,3-9,12-19H2,1-2H3,(H,24,25);2-19H2,1H3;;/q;;+1;-1/b11-10-;;;. The third-order valence-corrected chi connectivity index (χ3v) is 8.51. The molecule has 264 valence electrons. The van der Waals surface area contributed by atoms with Gasteiger partial charge in [-0.25, -0.2) is 0 Å². The van der Waals surface area contributed by atoms with Crippen LogP contribution in [0.2, 0.25) is 0 Å². The molecule has 0 aromatic carbocycles. The summed E-state index contributed by atoms with van der Waals surface area (Å²) in [5.74, 6) is -1.03. The summed E-state index contributed by atoms with van der Waals surface area (Å²) in [5.41, 5.74) is 5.48. The Kier molecular flexibility index (Phi) is 47.5. The molecule has 0 aromatic rings. The van der Waals surface area contributed by atoms with E-state index < -0.39 is 5.97 Å². The van der Waals surface area contributed by atoms with Gasteiger partial charge in [0, 0.05) is 13.5 Å². The molecule has 3 N–H and O–H groups in total. The summed E-state index contributed by atoms with van der Waals surface area (Å²) < 4.78 is 0. The van der Waals surface area contributed by atoms with Gasteiger partial charge in [0.15, 0.2) is 0 Å². The van der Waals surface area contributed by atoms with E-state index in [1.165, 1.54) is 165 Å². The minimum absolute atomic E-state index is 0. The van der Waals surface area contributed by atoms with Gasteiger partial charge in [-0.05, 0) is 45.1 Å². The zero-order valence-electron chi connectivity index (χ0n) is 32.1. The van der Waals surface area contributed by atoms with Crippen molar-refractivity contribution in [2.45, 2.75) is 206 Å². The van der Waals surface area contributed by atoms with Crippen LogP contribution in [0, 0.1) is 0 Å². The number of nitrogens with zero attached hydrogens (tertiary/aromatic N) is 1. The van der Waals surface area contributed by atoms with Gasteiger partial charge in [-0.1, -0.05) is 174 Å². The average molecular weight is 647 g/mol. The maximum absolute atomic E-state index is 11.7. The van der Waals surface area contributed by atoms with E-state index in [9.17, 15) is 9.59 Å². The van der Waals surface area contributed by atoms with Gasteiger partial charge in [-0.2, -0.15) is 0 Å². The minimum atomic E-state index is -0.958. The smallest absolute Gasteiger partial charge is 1.00 e. The van der Waals surface area contributed by atoms with Crippen molar-refractivity contribution in [3.05, 3.63) is 12.2 Å². The molecule has 0 saturated heterocycles. The summed E-state index contributed by atoms with van der Waals surface area (Å²) >= 11 is 0. The summed E-state index contributed by atoms with van der Waals surface area (Å²) in [6.07, 6.45) is 44.0. The number of unbranched alkanes of at least 4 members (excludes halogenated alkanes) is 26. The Morgan fingerprint density at radius 3 is 1.20 bits per heavy atom. The third-order valence-electron chi connectivity index (χ3n) is 8.51. The number of carboxylic acid groups (broad SMARTS) is 1. The molecule has 6 heteroatoms. The second-order valence-corrected chi connectivity index (χ2v) is 13.1. The van der Waals surface area contributed by atoms with Crippen molar-refractivity contribution in [2.75, 3.05) is 20.1 Å². The van der Waals surface area contributed by atoms with Crippen molar-refractivity contribution >= 4 is 11.9 Å². The van der Waals surface area contributed by atoms with Gasteiger partial charge in [-0.15, -0.1) is 0 Å². The fourth-order valence-corrected chi connectivity index (χ4v) is 5.52. The molecule has 5 nitrogen and oxygen atoms in total. The van der Waals surface area contributed by atoms with Gasteiger partial charge in [0.05, 0.1) is 0 Å². The van der Waals surface area contributed by atoms with Crippen LogP contribution < -0.4 is 35.3 Å². The Morgan fingerprint density at radius 2 is 0.867 bits per heavy atom. The topological polar surface area (TPSA) is 83.6 Å². The minimum Gasteiger partial charge on any atom is -1.00 e. The van der Waals surface area contributed by atoms with Crippen LogP contribution >= 0.6 is 0 Å². The van der Waals surface area contributed by atoms with Gasteiger partial charge in [0.2, 0.25) is 5.91 Å². The molecule has 0 aliphatic rings. The zero-order chi connectivity index (χ0) is 32.8. The second-order valence-electron chi connectivity index (χ2n) is 13.1. The monoisotopic (exact) mass is 647 g/mol. The summed E-state index contributed by atoms with van der Waals surface area (Å²) in [5, 5.41) is 8.64. The van der Waals surface area contributed by atoms with Crippen molar-refractivity contribution in [3.63, 3.8) is 0 Å². The first kappa shape index (κ1) is 49.0. The molecule has 0 aliphatic carbocycles. The first-order valence-corrected chi connectivity index (χ1v) is 19.3. The van der Waals surface area contributed by atoms with E-state index >= 15 is 0 Å². The van der Waals surface area contributed by atoms with E-state index in [2.05, 4.69) is 26.0 Å². The summed E-state index contributed by atoms with van der Waals surface area (Å²) in [6.45, 7) is 5.21. The number of hydrogen-bond acceptors (Lipinski definition) is 3. The normalized spacial score (nSPS) is 10.8. The molecule has 0 unspecified atom stereocenters. The first-order valence-electron chi connectivity index (χ1n) is 19.3. The van der Waals surface area contributed by atoms with Crippen LogP contribution in [0.5, 0.6) is 0 Å². The van der Waals surface area contributed by atoms with Crippen LogP contribution in [-0.2, 0) is 9.59 Å². The quantitative estimate of drug-likeness (QED) is 0.0424. The summed E-state index contributed by atoms with van der Waals surface area (Å²) in [6, 6.07) is 0. The summed E-state index contributed by atoms with van der Waals surface area (Å²) in [4.78, 5) is 23.5. The number of amides is 1. The predicted octanol–water partition coefficient (Wildman–Crippen LogP) is 8.89. The maximum Gasteiger partial charge on any atom is 1.00 e. The SMILES string of the molecule is CCCCCCCC/C=C\CCCCCCCC(=O)N(C)CC(=O)O.CCCCCCCCCCCCCCCCCCN.[H-].[Na+]. The number of carbonyl (C=O) groups is 2. The van der Waals surface area contributed by atoms with Gasteiger partial charge in [0.25, 0.3) is 0 Å². The van der Waals surface area contributed by atoms with Crippen LogP contribution in [0.1, 0.15) is 208 Å². The Balaban J connectivity index is -0.000000380. The van der Waals surface area contributed by atoms with E-state index in [0.717, 1.165) is 32.2 Å². The molecule has 1 amide bonds. The molecular weight excluding hydrogens is 567 g/mol. The van der Waals surface area contributed by atoms with Crippen molar-refractivity contribution in [3.8, 4) is 0 Å². The zero-order valence-corrected chi connectivity index (χ0v) is 33.1. The molecule has 0 aromatic heterocycles. The van der Waals surface area contributed by atoms with E-state index in [4.69, 9.17) is 10.8 Å². The fraction of sp³-hybridized carbons (Fsp3) is 0.897. The maximum atomic E-state index is 11.7. The average Bonchev–Trinajstić information content (AvgIpc) is 3.01. The van der Waals surface area contributed by atoms with Gasteiger partial charge in [0.1, 0.15) is 6.54 Å². The van der Waals surface area contributed by atoms with Crippen LogP contribution in [0.15, 0.2) is 12.2 Å². The molecule has 0 heterocycles. The van der Waals surface area contributed by atoms with Crippen molar-refractivity contribution in [2.24, 2.45) is 5.73 Å². The molecule has 45 heavy (non-hydrogen) atoms. The number of nitrogens with two attached hydrogens (primary N) is 1. The largest absolute Gasteiger partial charge is 1.00 e. The molecule has 0 fully saturated rings. The van der Waals surface area contributed by atoms with Crippen molar-refractivity contribution < 1.29 is 45.7 Å². The van der Waals surface area contributed by atoms with Crippen LogP contribution in [0.25, 0.3) is 0 Å². The first-order chi connectivity index (χ1) is 21.5. The molecule has 0 atom stereocenters. The van der Waals surface area contributed by atoms with Crippen LogP contribution in [-0.4, -0.2) is 42.0 Å². The predicted molar refractivity (Wildman–Crippen MR) is 194 cm³/mol. The Hall–Kier alpha value is -0.360. The number of likely N-dealkylation sites (N-methyl/N-ethyl adjacent to an activating group) is 1. The van der Waals surface area contributed by atoms with Gasteiger partial charge in [-0.3, -0.25) is 9.59 Å². The molecular formula is C39H79N2NaO3. The fourth-order valence-electron chi connectivity index (χ4n) is 5.52. The van der Waals surface area contributed by atoms with E-state index in [1.54, 1.807) is 7.05 Å². The van der Waals surface area contributed by atoms with Crippen LogP contribution in [0.4, 0.5) is 0 Å². The molecule has 0 radical (unpaired) electrons. The van der Waals surface area contributed by atoms with Gasteiger partial charge >= 0.3 is 35.5 Å². The van der Waals surface area contributed by atoms with Crippen molar-refractivity contribution in [1.82, 2.24) is 4.90 Å². The molecule has 0 aliphatic heterocycles. The van der Waals surface area contributed by atoms with E-state index in [-0.39, 0.29) is 43.4 Å². The number of hydrogen-bond donors (Lipinski definition) is 2. The van der Waals surface area contributed by atoms with Crippen molar-refractivity contribution in [1.29, 1.82) is 0 Å². The van der Waals surface area contributed by atoms with Gasteiger partial charge < -0.3 is 17.2 Å². The number of aliphatic carboxylic acids is 1. The molecule has 0 bridgehead atoms. The Bertz CT molecular complexity index is 606. The van der Waals surface area contributed by atoms with E-state index in [1.807, 2.05) is 0 Å². The Labute approximate surface area is 305 Å². The molecule has 0 spiro atoms.